The largest absolute Gasteiger partial charge is 0.356 e. The fourth-order valence-corrected chi connectivity index (χ4v) is 1.93. The van der Waals surface area contributed by atoms with E-state index < -0.39 is 0 Å². The molecular weight excluding hydrogens is 248 g/mol. The van der Waals surface area contributed by atoms with Crippen molar-refractivity contribution in [3.63, 3.8) is 0 Å². The Morgan fingerprint density at radius 2 is 1.60 bits per heavy atom. The first-order valence-corrected chi connectivity index (χ1v) is 6.78. The van der Waals surface area contributed by atoms with Crippen molar-refractivity contribution < 1.29 is 9.47 Å². The molecule has 2 rings (SSSR count). The van der Waals surface area contributed by atoms with Crippen LogP contribution >= 0.6 is 0 Å². The third-order valence-electron chi connectivity index (χ3n) is 3.00. The summed E-state index contributed by atoms with van der Waals surface area (Å²) in [5.41, 5.74) is 2.39. The third kappa shape index (κ3) is 5.00. The molecule has 2 nitrogen and oxygen atoms in total. The van der Waals surface area contributed by atoms with E-state index >= 15 is 0 Å². The lowest BCUT2D eigenvalue weighted by Crippen LogP contribution is -2.18. The molecule has 0 aliphatic heterocycles. The molecule has 104 valence electrons. The van der Waals surface area contributed by atoms with E-state index in [2.05, 4.69) is 30.3 Å². The minimum absolute atomic E-state index is 0.210. The minimum atomic E-state index is -0.210. The first-order valence-electron chi connectivity index (χ1n) is 6.78. The molecule has 0 aromatic heterocycles. The topological polar surface area (TPSA) is 18.5 Å². The van der Waals surface area contributed by atoms with Crippen LogP contribution in [0.3, 0.4) is 0 Å². The van der Waals surface area contributed by atoms with Crippen LogP contribution in [0.4, 0.5) is 0 Å². The Bertz CT molecular complexity index is 505. The molecule has 2 aromatic rings. The van der Waals surface area contributed by atoms with E-state index in [0.29, 0.717) is 6.61 Å². The number of hydrogen-bond acceptors (Lipinski definition) is 2. The van der Waals surface area contributed by atoms with Gasteiger partial charge in [-0.1, -0.05) is 72.8 Å². The SMILES string of the molecule is COC(Cc1ccccc1)OCC=Cc1ccccc1. The zero-order chi connectivity index (χ0) is 14.0. The first-order chi connectivity index (χ1) is 9.88. The molecule has 0 N–H and O–H groups in total. The molecule has 1 unspecified atom stereocenters. The summed E-state index contributed by atoms with van der Waals surface area (Å²) in [4.78, 5) is 0. The van der Waals surface area contributed by atoms with Crippen molar-refractivity contribution in [2.45, 2.75) is 12.7 Å². The number of hydrogen-bond donors (Lipinski definition) is 0. The number of benzene rings is 2. The van der Waals surface area contributed by atoms with E-state index in [4.69, 9.17) is 9.47 Å². The molecular formula is C18H20O2. The molecule has 0 aliphatic carbocycles. The van der Waals surface area contributed by atoms with Crippen LogP contribution in [0, 0.1) is 0 Å². The normalized spacial score (nSPS) is 12.7. The summed E-state index contributed by atoms with van der Waals surface area (Å²) in [7, 11) is 1.68. The molecule has 0 radical (unpaired) electrons. The second-order valence-corrected chi connectivity index (χ2v) is 4.50. The van der Waals surface area contributed by atoms with Crippen molar-refractivity contribution in [3.8, 4) is 0 Å². The first kappa shape index (κ1) is 14.5. The van der Waals surface area contributed by atoms with Crippen molar-refractivity contribution in [1.82, 2.24) is 0 Å². The van der Waals surface area contributed by atoms with Gasteiger partial charge in [0.1, 0.15) is 0 Å². The Labute approximate surface area is 120 Å². The molecule has 1 atom stereocenters. The predicted molar refractivity (Wildman–Crippen MR) is 82.4 cm³/mol. The maximum absolute atomic E-state index is 5.71. The van der Waals surface area contributed by atoms with Crippen LogP contribution < -0.4 is 0 Å². The molecule has 0 amide bonds. The van der Waals surface area contributed by atoms with Gasteiger partial charge in [0.2, 0.25) is 0 Å². The van der Waals surface area contributed by atoms with Gasteiger partial charge >= 0.3 is 0 Å². The number of methoxy groups -OCH3 is 1. The molecule has 0 heterocycles. The highest BCUT2D eigenvalue weighted by molar-refractivity contribution is 5.48. The van der Waals surface area contributed by atoms with Crippen LogP contribution in [0.5, 0.6) is 0 Å². The molecule has 0 fully saturated rings. The highest BCUT2D eigenvalue weighted by atomic mass is 16.7. The van der Waals surface area contributed by atoms with E-state index in [1.54, 1.807) is 7.11 Å². The Kier molecular flexibility index (Phi) is 6.03. The Hall–Kier alpha value is -1.90. The summed E-state index contributed by atoms with van der Waals surface area (Å²) < 4.78 is 11.1. The lowest BCUT2D eigenvalue weighted by molar-refractivity contribution is -0.113. The molecule has 20 heavy (non-hydrogen) atoms. The average Bonchev–Trinajstić information content (AvgIpc) is 2.52. The summed E-state index contributed by atoms with van der Waals surface area (Å²) in [6.45, 7) is 0.542. The standard InChI is InChI=1S/C18H20O2/c1-19-18(15-17-11-6-3-7-12-17)20-14-8-13-16-9-4-2-5-10-16/h2-13,18H,14-15H2,1H3. The molecule has 2 aromatic carbocycles. The lowest BCUT2D eigenvalue weighted by Gasteiger charge is -2.15. The van der Waals surface area contributed by atoms with E-state index in [1.807, 2.05) is 42.5 Å². The summed E-state index contributed by atoms with van der Waals surface area (Å²) in [5, 5.41) is 0. The highest BCUT2D eigenvalue weighted by Crippen LogP contribution is 2.07. The monoisotopic (exact) mass is 268 g/mol. The van der Waals surface area contributed by atoms with Crippen molar-refractivity contribution in [2.75, 3.05) is 13.7 Å². The molecule has 0 bridgehead atoms. The fourth-order valence-electron chi connectivity index (χ4n) is 1.93. The van der Waals surface area contributed by atoms with Gasteiger partial charge in [-0.05, 0) is 11.1 Å². The summed E-state index contributed by atoms with van der Waals surface area (Å²) >= 11 is 0. The van der Waals surface area contributed by atoms with Crippen molar-refractivity contribution in [3.05, 3.63) is 77.9 Å². The average molecular weight is 268 g/mol. The molecule has 0 saturated heterocycles. The third-order valence-corrected chi connectivity index (χ3v) is 3.00. The molecule has 0 saturated carbocycles. The molecule has 0 spiro atoms. The van der Waals surface area contributed by atoms with E-state index in [0.717, 1.165) is 6.42 Å². The maximum Gasteiger partial charge on any atom is 0.161 e. The molecule has 2 heteroatoms. The van der Waals surface area contributed by atoms with Gasteiger partial charge in [-0.2, -0.15) is 0 Å². The molecule has 0 aliphatic rings. The van der Waals surface area contributed by atoms with Gasteiger partial charge in [0.25, 0.3) is 0 Å². The van der Waals surface area contributed by atoms with Crippen molar-refractivity contribution in [1.29, 1.82) is 0 Å². The van der Waals surface area contributed by atoms with Crippen LogP contribution in [0.1, 0.15) is 11.1 Å². The van der Waals surface area contributed by atoms with E-state index in [-0.39, 0.29) is 6.29 Å². The Morgan fingerprint density at radius 1 is 0.950 bits per heavy atom. The quantitative estimate of drug-likeness (QED) is 0.708. The smallest absolute Gasteiger partial charge is 0.161 e. The van der Waals surface area contributed by atoms with Gasteiger partial charge in [-0.15, -0.1) is 0 Å². The van der Waals surface area contributed by atoms with E-state index in [1.165, 1.54) is 11.1 Å². The van der Waals surface area contributed by atoms with Gasteiger partial charge in [-0.25, -0.2) is 0 Å². The second-order valence-electron chi connectivity index (χ2n) is 4.50. The van der Waals surface area contributed by atoms with Crippen LogP contribution in [0.25, 0.3) is 6.08 Å². The number of ether oxygens (including phenoxy) is 2. The Morgan fingerprint density at radius 3 is 2.25 bits per heavy atom. The lowest BCUT2D eigenvalue weighted by atomic mass is 10.1. The van der Waals surface area contributed by atoms with Crippen LogP contribution in [-0.4, -0.2) is 20.0 Å². The summed E-state index contributed by atoms with van der Waals surface area (Å²) in [6.07, 6.45) is 4.61. The number of rotatable bonds is 7. The van der Waals surface area contributed by atoms with Crippen molar-refractivity contribution >= 4 is 6.08 Å². The van der Waals surface area contributed by atoms with Gasteiger partial charge in [-0.3, -0.25) is 0 Å². The van der Waals surface area contributed by atoms with Crippen LogP contribution in [0.15, 0.2) is 66.7 Å². The zero-order valence-corrected chi connectivity index (χ0v) is 11.7. The van der Waals surface area contributed by atoms with Crippen molar-refractivity contribution in [2.24, 2.45) is 0 Å². The van der Waals surface area contributed by atoms with Gasteiger partial charge < -0.3 is 9.47 Å². The maximum atomic E-state index is 5.71. The second kappa shape index (κ2) is 8.31. The van der Waals surface area contributed by atoms with Gasteiger partial charge in [0.15, 0.2) is 6.29 Å². The highest BCUT2D eigenvalue weighted by Gasteiger charge is 2.07. The van der Waals surface area contributed by atoms with Gasteiger partial charge in [0, 0.05) is 13.5 Å². The van der Waals surface area contributed by atoms with Crippen LogP contribution in [0.2, 0.25) is 0 Å². The fraction of sp³-hybridized carbons (Fsp3) is 0.222. The predicted octanol–water partition coefficient (Wildman–Crippen LogP) is 3.93. The van der Waals surface area contributed by atoms with Crippen LogP contribution in [-0.2, 0) is 15.9 Å². The minimum Gasteiger partial charge on any atom is -0.356 e. The zero-order valence-electron chi connectivity index (χ0n) is 11.7. The summed E-state index contributed by atoms with van der Waals surface area (Å²) in [5.74, 6) is 0. The van der Waals surface area contributed by atoms with Gasteiger partial charge in [0.05, 0.1) is 6.61 Å². The summed E-state index contributed by atoms with van der Waals surface area (Å²) in [6, 6.07) is 20.4. The Balaban J connectivity index is 1.78. The van der Waals surface area contributed by atoms with E-state index in [9.17, 15) is 0 Å².